The van der Waals surface area contributed by atoms with Gasteiger partial charge in [-0.15, -0.1) is 34.9 Å². The van der Waals surface area contributed by atoms with Gasteiger partial charge >= 0.3 is 0 Å². The number of rotatable bonds is 4. The lowest BCUT2D eigenvalue weighted by atomic mass is 10.0. The maximum absolute atomic E-state index is 12.8. The number of hydrogen-bond donors (Lipinski definition) is 1. The van der Waals surface area contributed by atoms with Crippen LogP contribution in [0.25, 0.3) is 0 Å². The minimum absolute atomic E-state index is 0.00572. The highest BCUT2D eigenvalue weighted by atomic mass is 32.2. The van der Waals surface area contributed by atoms with E-state index in [4.69, 9.17) is 0 Å². The van der Waals surface area contributed by atoms with Crippen molar-refractivity contribution in [1.29, 1.82) is 0 Å². The third-order valence-electron chi connectivity index (χ3n) is 5.12. The largest absolute Gasteiger partial charge is 0.348 e. The minimum Gasteiger partial charge on any atom is -0.348 e. The Bertz CT molecular complexity index is 794. The Hall–Kier alpha value is -1.44. The molecule has 7 heteroatoms. The molecule has 148 valence electrons. The van der Waals surface area contributed by atoms with Gasteiger partial charge in [-0.25, -0.2) is 0 Å². The van der Waals surface area contributed by atoms with E-state index < -0.39 is 0 Å². The maximum Gasteiger partial charge on any atom is 0.261 e. The summed E-state index contributed by atoms with van der Waals surface area (Å²) >= 11 is 5.45. The second-order valence-electron chi connectivity index (χ2n) is 7.07. The molecule has 2 aromatic rings. The van der Waals surface area contributed by atoms with Crippen molar-refractivity contribution >= 4 is 46.7 Å². The number of hydrogen-bond acceptors (Lipinski definition) is 5. The molecule has 0 saturated carbocycles. The van der Waals surface area contributed by atoms with Crippen molar-refractivity contribution in [2.24, 2.45) is 0 Å². The fourth-order valence-corrected chi connectivity index (χ4v) is 7.06. The second-order valence-corrected chi connectivity index (χ2v) is 10.7. The molecule has 28 heavy (non-hydrogen) atoms. The highest BCUT2D eigenvalue weighted by molar-refractivity contribution is 8.16. The first-order valence-corrected chi connectivity index (χ1v) is 12.7. The van der Waals surface area contributed by atoms with E-state index in [0.29, 0.717) is 17.7 Å². The van der Waals surface area contributed by atoms with E-state index in [9.17, 15) is 9.59 Å². The first-order chi connectivity index (χ1) is 13.7. The fraction of sp³-hybridized carbons (Fsp3) is 0.429. The van der Waals surface area contributed by atoms with Crippen LogP contribution < -0.4 is 5.32 Å². The SMILES string of the molecule is O=C(NC1CCN(C(=O)c2ccc(C3SCCCS3)cc2)CC1)c1cccs1. The highest BCUT2D eigenvalue weighted by Crippen LogP contribution is 2.43. The number of thiophene rings is 1. The average Bonchev–Trinajstić information content (AvgIpc) is 3.30. The lowest BCUT2D eigenvalue weighted by Gasteiger charge is -2.32. The fourth-order valence-electron chi connectivity index (χ4n) is 3.54. The number of carbonyl (C=O) groups is 2. The van der Waals surface area contributed by atoms with Crippen LogP contribution in [0.3, 0.4) is 0 Å². The van der Waals surface area contributed by atoms with Crippen LogP contribution in [0, 0.1) is 0 Å². The Kier molecular flexibility index (Phi) is 6.65. The van der Waals surface area contributed by atoms with Crippen LogP contribution in [-0.4, -0.2) is 47.4 Å². The van der Waals surface area contributed by atoms with E-state index in [1.165, 1.54) is 34.8 Å². The van der Waals surface area contributed by atoms with Crippen molar-refractivity contribution in [3.8, 4) is 0 Å². The van der Waals surface area contributed by atoms with E-state index in [-0.39, 0.29) is 17.9 Å². The normalized spacial score (nSPS) is 18.8. The third-order valence-corrected chi connectivity index (χ3v) is 9.00. The molecule has 4 nitrogen and oxygen atoms in total. The zero-order valence-corrected chi connectivity index (χ0v) is 18.1. The van der Waals surface area contributed by atoms with Gasteiger partial charge in [-0.05, 0) is 59.9 Å². The molecule has 1 N–H and O–H groups in total. The van der Waals surface area contributed by atoms with Gasteiger partial charge in [-0.2, -0.15) is 0 Å². The van der Waals surface area contributed by atoms with Gasteiger partial charge in [-0.3, -0.25) is 9.59 Å². The maximum atomic E-state index is 12.8. The van der Waals surface area contributed by atoms with E-state index in [2.05, 4.69) is 17.4 Å². The molecule has 2 aliphatic heterocycles. The molecule has 1 aromatic heterocycles. The predicted octanol–water partition coefficient (Wildman–Crippen LogP) is 4.65. The predicted molar refractivity (Wildman–Crippen MR) is 119 cm³/mol. The van der Waals surface area contributed by atoms with Gasteiger partial charge in [0.25, 0.3) is 11.8 Å². The van der Waals surface area contributed by atoms with Crippen LogP contribution in [0.2, 0.25) is 0 Å². The quantitative estimate of drug-likeness (QED) is 0.764. The van der Waals surface area contributed by atoms with Crippen molar-refractivity contribution in [2.75, 3.05) is 24.6 Å². The van der Waals surface area contributed by atoms with Gasteiger partial charge < -0.3 is 10.2 Å². The molecule has 2 saturated heterocycles. The van der Waals surface area contributed by atoms with Gasteiger partial charge in [0, 0.05) is 24.7 Å². The molecule has 1 aromatic carbocycles. The summed E-state index contributed by atoms with van der Waals surface area (Å²) < 4.78 is 0.501. The smallest absolute Gasteiger partial charge is 0.261 e. The highest BCUT2D eigenvalue weighted by Gasteiger charge is 2.25. The summed E-state index contributed by atoms with van der Waals surface area (Å²) in [7, 11) is 0. The molecule has 2 aliphatic rings. The summed E-state index contributed by atoms with van der Waals surface area (Å²) in [5, 5.41) is 5.00. The van der Waals surface area contributed by atoms with Gasteiger partial charge in [-0.1, -0.05) is 18.2 Å². The minimum atomic E-state index is -0.00572. The van der Waals surface area contributed by atoms with Crippen molar-refractivity contribution < 1.29 is 9.59 Å². The number of likely N-dealkylation sites (tertiary alicyclic amines) is 1. The molecule has 0 aliphatic carbocycles. The van der Waals surface area contributed by atoms with Crippen molar-refractivity contribution in [1.82, 2.24) is 10.2 Å². The molecule has 3 heterocycles. The number of nitrogens with zero attached hydrogens (tertiary/aromatic N) is 1. The third kappa shape index (κ3) is 4.75. The van der Waals surface area contributed by atoms with E-state index in [1.54, 1.807) is 0 Å². The molecular weight excluding hydrogens is 408 g/mol. The van der Waals surface area contributed by atoms with Crippen molar-refractivity contribution in [3.05, 3.63) is 57.8 Å². The average molecular weight is 433 g/mol. The lowest BCUT2D eigenvalue weighted by Crippen LogP contribution is -2.46. The topological polar surface area (TPSA) is 49.4 Å². The van der Waals surface area contributed by atoms with Crippen LogP contribution in [0.4, 0.5) is 0 Å². The molecule has 0 radical (unpaired) electrons. The van der Waals surface area contributed by atoms with E-state index >= 15 is 0 Å². The first-order valence-electron chi connectivity index (χ1n) is 9.67. The van der Waals surface area contributed by atoms with Crippen LogP contribution in [0.15, 0.2) is 41.8 Å². The summed E-state index contributed by atoms with van der Waals surface area (Å²) in [5.74, 6) is 2.53. The molecule has 2 fully saturated rings. The lowest BCUT2D eigenvalue weighted by molar-refractivity contribution is 0.0698. The number of nitrogens with one attached hydrogen (secondary N) is 1. The summed E-state index contributed by atoms with van der Waals surface area (Å²) in [4.78, 5) is 27.7. The Morgan fingerprint density at radius 1 is 1.00 bits per heavy atom. The van der Waals surface area contributed by atoms with E-state index in [1.807, 2.05) is 58.1 Å². The molecule has 0 atom stereocenters. The number of benzene rings is 1. The summed E-state index contributed by atoms with van der Waals surface area (Å²) in [6.45, 7) is 1.37. The molecule has 2 amide bonds. The number of piperidine rings is 1. The van der Waals surface area contributed by atoms with Gasteiger partial charge in [0.05, 0.1) is 9.46 Å². The molecule has 4 rings (SSSR count). The van der Waals surface area contributed by atoms with Crippen molar-refractivity contribution in [3.63, 3.8) is 0 Å². The van der Waals surface area contributed by atoms with Gasteiger partial charge in [0.1, 0.15) is 0 Å². The van der Waals surface area contributed by atoms with Crippen LogP contribution in [0.1, 0.15) is 49.4 Å². The van der Waals surface area contributed by atoms with Crippen molar-refractivity contribution in [2.45, 2.75) is 29.9 Å². The first kappa shape index (κ1) is 19.9. The second kappa shape index (κ2) is 9.37. The number of amides is 2. The summed E-state index contributed by atoms with van der Waals surface area (Å²) in [5.41, 5.74) is 2.07. The summed E-state index contributed by atoms with van der Waals surface area (Å²) in [6.07, 6.45) is 2.89. The Balaban J connectivity index is 1.29. The van der Waals surface area contributed by atoms with E-state index in [0.717, 1.165) is 23.3 Å². The van der Waals surface area contributed by atoms with Gasteiger partial charge in [0.15, 0.2) is 0 Å². The Morgan fingerprint density at radius 3 is 2.36 bits per heavy atom. The van der Waals surface area contributed by atoms with Crippen LogP contribution in [-0.2, 0) is 0 Å². The molecule has 0 spiro atoms. The molecular formula is C21H24N2O2S3. The molecule has 0 unspecified atom stereocenters. The zero-order chi connectivity index (χ0) is 19.3. The van der Waals surface area contributed by atoms with Gasteiger partial charge in [0.2, 0.25) is 0 Å². The Morgan fingerprint density at radius 2 is 1.71 bits per heavy atom. The number of thioether (sulfide) groups is 2. The Labute approximate surface area is 178 Å². The standard InChI is InChI=1S/C21H24N2O2S3/c24-19(18-3-1-12-26-18)22-17-8-10-23(11-9-17)20(25)15-4-6-16(7-5-15)21-27-13-2-14-28-21/h1,3-7,12,17,21H,2,8-11,13-14H2,(H,22,24). The summed E-state index contributed by atoms with van der Waals surface area (Å²) in [6, 6.07) is 12.0. The van der Waals surface area contributed by atoms with Crippen LogP contribution >= 0.6 is 34.9 Å². The monoisotopic (exact) mass is 432 g/mol. The zero-order valence-electron chi connectivity index (χ0n) is 15.6. The number of carbonyl (C=O) groups excluding carboxylic acids is 2. The molecule has 0 bridgehead atoms. The van der Waals surface area contributed by atoms with Crippen LogP contribution in [0.5, 0.6) is 0 Å².